The molecule has 0 atom stereocenters. The summed E-state index contributed by atoms with van der Waals surface area (Å²) in [5, 5.41) is 3.18. The molecule has 29 heavy (non-hydrogen) atoms. The molecule has 1 aliphatic rings. The van der Waals surface area contributed by atoms with Gasteiger partial charge in [-0.2, -0.15) is 9.29 Å². The van der Waals surface area contributed by atoms with Gasteiger partial charge in [-0.25, -0.2) is 13.4 Å². The molecule has 3 heterocycles. The molecule has 158 valence electrons. The van der Waals surface area contributed by atoms with Gasteiger partial charge in [0.25, 0.3) is 11.4 Å². The van der Waals surface area contributed by atoms with Crippen LogP contribution < -0.4 is 5.56 Å². The zero-order valence-corrected chi connectivity index (χ0v) is 17.4. The van der Waals surface area contributed by atoms with Gasteiger partial charge in [-0.1, -0.05) is 5.16 Å². The second-order valence-electron chi connectivity index (χ2n) is 7.08. The average molecular weight is 424 g/mol. The largest absolute Gasteiger partial charge is 0.340 e. The van der Waals surface area contributed by atoms with Crippen molar-refractivity contribution < 1.29 is 17.7 Å². The molecular weight excluding hydrogens is 400 g/mol. The summed E-state index contributed by atoms with van der Waals surface area (Å²) >= 11 is 0. The van der Waals surface area contributed by atoms with Gasteiger partial charge in [-0.05, 0) is 20.8 Å². The number of piperazine rings is 1. The van der Waals surface area contributed by atoms with Gasteiger partial charge in [0.15, 0.2) is 5.82 Å². The van der Waals surface area contributed by atoms with Crippen LogP contribution >= 0.6 is 0 Å². The summed E-state index contributed by atoms with van der Waals surface area (Å²) in [5.74, 6) is 0.351. The summed E-state index contributed by atoms with van der Waals surface area (Å²) in [6.07, 6.45) is 2.81. The first-order chi connectivity index (χ1) is 13.7. The predicted octanol–water partition coefficient (Wildman–Crippen LogP) is -0.126. The number of hydrogen-bond acceptors (Lipinski definition) is 8. The van der Waals surface area contributed by atoms with Crippen molar-refractivity contribution in [2.45, 2.75) is 39.0 Å². The maximum absolute atomic E-state index is 12.6. The molecule has 0 unspecified atom stereocenters. The standard InChI is InChI=1S/C17H24N6O5S/c1-12(2)29(26,27)23-8-6-21(7-9-23)15(24)4-5-22-11-18-10-14(17(22)25)16-19-13(3)20-28-16/h10-12H,4-9H2,1-3H3. The average Bonchev–Trinajstić information content (AvgIpc) is 3.13. The highest BCUT2D eigenvalue weighted by atomic mass is 32.2. The zero-order chi connectivity index (χ0) is 21.2. The molecule has 1 amide bonds. The first-order valence-electron chi connectivity index (χ1n) is 9.32. The van der Waals surface area contributed by atoms with Crippen molar-refractivity contribution in [1.82, 2.24) is 28.9 Å². The van der Waals surface area contributed by atoms with Gasteiger partial charge in [0.05, 0.1) is 11.6 Å². The van der Waals surface area contributed by atoms with E-state index in [9.17, 15) is 18.0 Å². The first kappa shape index (κ1) is 21.1. The van der Waals surface area contributed by atoms with Crippen LogP contribution in [0, 0.1) is 6.92 Å². The number of carbonyl (C=O) groups is 1. The summed E-state index contributed by atoms with van der Waals surface area (Å²) in [4.78, 5) is 34.8. The molecule has 0 aliphatic carbocycles. The Morgan fingerprint density at radius 1 is 1.24 bits per heavy atom. The molecule has 11 nitrogen and oxygen atoms in total. The molecule has 0 aromatic carbocycles. The third-order valence-corrected chi connectivity index (χ3v) is 7.05. The monoisotopic (exact) mass is 424 g/mol. The summed E-state index contributed by atoms with van der Waals surface area (Å²) in [6.45, 7) is 6.30. The van der Waals surface area contributed by atoms with E-state index in [-0.39, 0.29) is 49.0 Å². The second kappa shape index (κ2) is 8.41. The Morgan fingerprint density at radius 2 is 1.93 bits per heavy atom. The van der Waals surface area contributed by atoms with E-state index >= 15 is 0 Å². The molecule has 0 bridgehead atoms. The molecule has 0 saturated carbocycles. The van der Waals surface area contributed by atoms with Crippen LogP contribution in [0.25, 0.3) is 11.5 Å². The topological polar surface area (TPSA) is 132 Å². The SMILES string of the molecule is Cc1noc(-c2cncn(CCC(=O)N3CCN(S(=O)(=O)C(C)C)CC3)c2=O)n1. The summed E-state index contributed by atoms with van der Waals surface area (Å²) < 4.78 is 32.2. The Kier molecular flexibility index (Phi) is 6.13. The Bertz CT molecular complexity index is 1040. The van der Waals surface area contributed by atoms with E-state index in [2.05, 4.69) is 15.1 Å². The van der Waals surface area contributed by atoms with Gasteiger partial charge >= 0.3 is 0 Å². The lowest BCUT2D eigenvalue weighted by atomic mass is 10.3. The number of nitrogens with zero attached hydrogens (tertiary/aromatic N) is 6. The van der Waals surface area contributed by atoms with Crippen molar-refractivity contribution >= 4 is 15.9 Å². The normalized spacial score (nSPS) is 15.8. The molecule has 1 fully saturated rings. The molecule has 12 heteroatoms. The van der Waals surface area contributed by atoms with E-state index < -0.39 is 15.3 Å². The zero-order valence-electron chi connectivity index (χ0n) is 16.6. The van der Waals surface area contributed by atoms with Crippen LogP contribution in [0.4, 0.5) is 0 Å². The third kappa shape index (κ3) is 4.53. The lowest BCUT2D eigenvalue weighted by Crippen LogP contribution is -2.52. The quantitative estimate of drug-likeness (QED) is 0.627. The van der Waals surface area contributed by atoms with Crippen molar-refractivity contribution in [2.24, 2.45) is 0 Å². The van der Waals surface area contributed by atoms with Crippen molar-refractivity contribution in [3.8, 4) is 11.5 Å². The number of sulfonamides is 1. The molecule has 1 aliphatic heterocycles. The molecule has 0 N–H and O–H groups in total. The first-order valence-corrected chi connectivity index (χ1v) is 10.8. The Hall–Kier alpha value is -2.60. The molecule has 2 aromatic heterocycles. The molecule has 0 radical (unpaired) electrons. The lowest BCUT2D eigenvalue weighted by molar-refractivity contribution is -0.132. The fourth-order valence-corrected chi connectivity index (χ4v) is 4.30. The molecule has 2 aromatic rings. The number of hydrogen-bond donors (Lipinski definition) is 0. The minimum atomic E-state index is -3.32. The van der Waals surface area contributed by atoms with Crippen LogP contribution in [0.15, 0.2) is 21.8 Å². The van der Waals surface area contributed by atoms with Crippen molar-refractivity contribution in [1.29, 1.82) is 0 Å². The predicted molar refractivity (Wildman–Crippen MR) is 103 cm³/mol. The number of rotatable bonds is 6. The smallest absolute Gasteiger partial charge is 0.266 e. The molecule has 1 saturated heterocycles. The van der Waals surface area contributed by atoms with Crippen molar-refractivity contribution in [2.75, 3.05) is 26.2 Å². The van der Waals surface area contributed by atoms with Gasteiger partial charge in [0, 0.05) is 45.3 Å². The van der Waals surface area contributed by atoms with E-state index in [4.69, 9.17) is 4.52 Å². The van der Waals surface area contributed by atoms with E-state index in [1.165, 1.54) is 21.4 Å². The molecule has 0 spiro atoms. The molecule has 3 rings (SSSR count). The highest BCUT2D eigenvalue weighted by Crippen LogP contribution is 2.14. The van der Waals surface area contributed by atoms with Crippen LogP contribution in [0.5, 0.6) is 0 Å². The fourth-order valence-electron chi connectivity index (χ4n) is 3.03. The van der Waals surface area contributed by atoms with Crippen LogP contribution in [-0.4, -0.2) is 74.7 Å². The van der Waals surface area contributed by atoms with Crippen LogP contribution in [0.2, 0.25) is 0 Å². The van der Waals surface area contributed by atoms with Crippen LogP contribution in [0.3, 0.4) is 0 Å². The Balaban J connectivity index is 1.60. The Morgan fingerprint density at radius 3 is 2.52 bits per heavy atom. The number of carbonyl (C=O) groups excluding carboxylic acids is 1. The number of aromatic nitrogens is 4. The highest BCUT2D eigenvalue weighted by molar-refractivity contribution is 7.89. The van der Waals surface area contributed by atoms with E-state index in [0.29, 0.717) is 18.9 Å². The summed E-state index contributed by atoms with van der Waals surface area (Å²) in [5.41, 5.74) is -0.197. The van der Waals surface area contributed by atoms with Gasteiger partial charge in [0.2, 0.25) is 15.9 Å². The van der Waals surface area contributed by atoms with Crippen molar-refractivity contribution in [3.05, 3.63) is 28.7 Å². The number of aryl methyl sites for hydroxylation is 2. The maximum Gasteiger partial charge on any atom is 0.266 e. The van der Waals surface area contributed by atoms with E-state index in [1.807, 2.05) is 0 Å². The number of amides is 1. The van der Waals surface area contributed by atoms with Gasteiger partial charge in [-0.3, -0.25) is 14.2 Å². The highest BCUT2D eigenvalue weighted by Gasteiger charge is 2.30. The minimum absolute atomic E-state index is 0.0863. The maximum atomic E-state index is 12.6. The van der Waals surface area contributed by atoms with E-state index in [0.717, 1.165) is 0 Å². The summed E-state index contributed by atoms with van der Waals surface area (Å²) in [7, 11) is -3.32. The van der Waals surface area contributed by atoms with Crippen LogP contribution in [0.1, 0.15) is 26.1 Å². The minimum Gasteiger partial charge on any atom is -0.340 e. The second-order valence-corrected chi connectivity index (χ2v) is 9.57. The molecular formula is C17H24N6O5S. The fraction of sp³-hybridized carbons (Fsp3) is 0.588. The lowest BCUT2D eigenvalue weighted by Gasteiger charge is -2.35. The third-order valence-electron chi connectivity index (χ3n) is 4.77. The van der Waals surface area contributed by atoms with E-state index in [1.54, 1.807) is 25.7 Å². The Labute approximate surface area is 168 Å². The van der Waals surface area contributed by atoms with Crippen molar-refractivity contribution in [3.63, 3.8) is 0 Å². The van der Waals surface area contributed by atoms with Gasteiger partial charge in [-0.15, -0.1) is 0 Å². The van der Waals surface area contributed by atoms with Gasteiger partial charge < -0.3 is 9.42 Å². The van der Waals surface area contributed by atoms with Crippen LogP contribution in [-0.2, 0) is 21.4 Å². The summed E-state index contributed by atoms with van der Waals surface area (Å²) in [6, 6.07) is 0. The van der Waals surface area contributed by atoms with Gasteiger partial charge in [0.1, 0.15) is 5.56 Å².